The van der Waals surface area contributed by atoms with E-state index in [0.29, 0.717) is 6.54 Å². The van der Waals surface area contributed by atoms with Crippen LogP contribution in [-0.4, -0.2) is 77.1 Å². The number of aryl methyl sites for hydroxylation is 1. The number of amides is 2. The number of benzene rings is 1. The van der Waals surface area contributed by atoms with Gasteiger partial charge < -0.3 is 26.0 Å². The van der Waals surface area contributed by atoms with Gasteiger partial charge >= 0.3 is 0 Å². The number of nitrogens with two attached hydrogens (primary N) is 1. The average molecular weight is 524 g/mol. The Kier molecular flexibility index (Phi) is 9.84. The van der Waals surface area contributed by atoms with Gasteiger partial charge in [-0.2, -0.15) is 0 Å². The van der Waals surface area contributed by atoms with Crippen molar-refractivity contribution < 1.29 is 14.7 Å². The third kappa shape index (κ3) is 7.01. The smallest absolute Gasteiger partial charge is 0.243 e. The quantitative estimate of drug-likeness (QED) is 0.514. The van der Waals surface area contributed by atoms with Gasteiger partial charge in [-0.15, -0.1) is 23.7 Å². The Bertz CT molecular complexity index is 1010. The van der Waals surface area contributed by atoms with Gasteiger partial charge in [-0.05, 0) is 37.6 Å². The first-order valence-electron chi connectivity index (χ1n) is 11.6. The van der Waals surface area contributed by atoms with Crippen LogP contribution in [0.2, 0.25) is 0 Å². The summed E-state index contributed by atoms with van der Waals surface area (Å²) in [6.45, 7) is 8.37. The normalized spacial score (nSPS) is 19.9. The van der Waals surface area contributed by atoms with Gasteiger partial charge in [0, 0.05) is 19.5 Å². The maximum Gasteiger partial charge on any atom is 0.243 e. The zero-order chi connectivity index (χ0) is 25.2. The number of carbonyl (C=O) groups excluding carboxylic acids is 2. The van der Waals surface area contributed by atoms with Crippen molar-refractivity contribution in [3.63, 3.8) is 0 Å². The molecule has 1 aromatic heterocycles. The highest BCUT2D eigenvalue weighted by atomic mass is 35.5. The SMILES string of the molecule is Cc1ncsc1-c1ccc(C(CN(C)C)NC(=O)[C@@H]2C[C@@H](O)CN2C(=O)[C@@H](N)C(C)(C)C)cc1.Cl. The summed E-state index contributed by atoms with van der Waals surface area (Å²) in [5.41, 5.74) is 10.6. The number of carbonyl (C=O) groups is 2. The van der Waals surface area contributed by atoms with Gasteiger partial charge in [0.25, 0.3) is 0 Å². The van der Waals surface area contributed by atoms with Crippen molar-refractivity contribution in [1.29, 1.82) is 0 Å². The number of halogens is 1. The number of aromatic nitrogens is 1. The highest BCUT2D eigenvalue weighted by Crippen LogP contribution is 2.29. The molecule has 10 heteroatoms. The second-order valence-corrected chi connectivity index (χ2v) is 11.3. The molecular weight excluding hydrogens is 486 g/mol. The number of likely N-dealkylation sites (N-methyl/N-ethyl adjacent to an activating group) is 1. The third-order valence-electron chi connectivity index (χ3n) is 6.25. The zero-order valence-electron chi connectivity index (χ0n) is 21.3. The van der Waals surface area contributed by atoms with Crippen molar-refractivity contribution >= 4 is 35.6 Å². The lowest BCUT2D eigenvalue weighted by atomic mass is 9.86. The fraction of sp³-hybridized carbons (Fsp3) is 0.560. The summed E-state index contributed by atoms with van der Waals surface area (Å²) in [5, 5.41) is 13.4. The topological polar surface area (TPSA) is 112 Å². The van der Waals surface area contributed by atoms with Crippen molar-refractivity contribution in [3.05, 3.63) is 41.0 Å². The van der Waals surface area contributed by atoms with Gasteiger partial charge in [-0.1, -0.05) is 45.0 Å². The summed E-state index contributed by atoms with van der Waals surface area (Å²) in [5.74, 6) is -0.585. The number of nitrogens with one attached hydrogen (secondary N) is 1. The molecule has 1 aliphatic rings. The number of β-amino-alcohol motifs (C(OH)–C–C–N with tert-alkyl or cyclic N) is 1. The Hall–Kier alpha value is -2.04. The molecule has 1 saturated heterocycles. The van der Waals surface area contributed by atoms with E-state index in [0.717, 1.165) is 21.7 Å². The minimum Gasteiger partial charge on any atom is -0.391 e. The van der Waals surface area contributed by atoms with Crippen LogP contribution in [0.15, 0.2) is 29.8 Å². The van der Waals surface area contributed by atoms with Gasteiger partial charge in [0.1, 0.15) is 6.04 Å². The van der Waals surface area contributed by atoms with Gasteiger partial charge in [-0.25, -0.2) is 4.98 Å². The van der Waals surface area contributed by atoms with E-state index in [2.05, 4.69) is 10.3 Å². The first kappa shape index (κ1) is 29.2. The van der Waals surface area contributed by atoms with Crippen LogP contribution in [0.1, 0.15) is 44.5 Å². The fourth-order valence-electron chi connectivity index (χ4n) is 4.17. The zero-order valence-corrected chi connectivity index (χ0v) is 22.9. The highest BCUT2D eigenvalue weighted by Gasteiger charge is 2.43. The molecule has 1 fully saturated rings. The maximum absolute atomic E-state index is 13.4. The van der Waals surface area contributed by atoms with Crippen LogP contribution in [0.3, 0.4) is 0 Å². The molecule has 1 aliphatic heterocycles. The van der Waals surface area contributed by atoms with Gasteiger partial charge in [0.15, 0.2) is 0 Å². The van der Waals surface area contributed by atoms with E-state index in [1.54, 1.807) is 11.3 Å². The summed E-state index contributed by atoms with van der Waals surface area (Å²) in [7, 11) is 3.90. The van der Waals surface area contributed by atoms with Crippen molar-refractivity contribution in [3.8, 4) is 10.4 Å². The van der Waals surface area contributed by atoms with E-state index in [9.17, 15) is 14.7 Å². The molecule has 0 aliphatic carbocycles. The summed E-state index contributed by atoms with van der Waals surface area (Å²) < 4.78 is 0. The molecule has 194 valence electrons. The van der Waals surface area contributed by atoms with E-state index in [-0.39, 0.29) is 43.2 Å². The Balaban J connectivity index is 0.00000432. The van der Waals surface area contributed by atoms with E-state index in [1.165, 1.54) is 4.90 Å². The minimum atomic E-state index is -0.756. The molecule has 3 rings (SSSR count). The Morgan fingerprint density at radius 3 is 2.43 bits per heavy atom. The number of hydrogen-bond donors (Lipinski definition) is 3. The Morgan fingerprint density at radius 1 is 1.29 bits per heavy atom. The molecule has 0 spiro atoms. The van der Waals surface area contributed by atoms with Crippen LogP contribution in [-0.2, 0) is 9.59 Å². The number of hydrogen-bond acceptors (Lipinski definition) is 7. The summed E-state index contributed by atoms with van der Waals surface area (Å²) >= 11 is 1.60. The summed E-state index contributed by atoms with van der Waals surface area (Å²) in [4.78, 5) is 35.3. The molecule has 1 aromatic carbocycles. The van der Waals surface area contributed by atoms with Crippen LogP contribution in [0, 0.1) is 12.3 Å². The Morgan fingerprint density at radius 2 is 1.91 bits per heavy atom. The van der Waals surface area contributed by atoms with Gasteiger partial charge in [0.05, 0.1) is 34.3 Å². The number of likely N-dealkylation sites (tertiary alicyclic amines) is 1. The number of rotatable bonds is 7. The predicted octanol–water partition coefficient (Wildman–Crippen LogP) is 2.59. The van der Waals surface area contributed by atoms with Crippen molar-refractivity contribution in [2.75, 3.05) is 27.2 Å². The molecule has 4 atom stereocenters. The minimum absolute atomic E-state index is 0. The second kappa shape index (κ2) is 11.8. The molecule has 0 radical (unpaired) electrons. The van der Waals surface area contributed by atoms with Crippen LogP contribution >= 0.6 is 23.7 Å². The molecule has 35 heavy (non-hydrogen) atoms. The maximum atomic E-state index is 13.4. The second-order valence-electron chi connectivity index (χ2n) is 10.5. The molecule has 2 amide bonds. The van der Waals surface area contributed by atoms with E-state index in [1.807, 2.05) is 76.5 Å². The first-order valence-corrected chi connectivity index (χ1v) is 12.5. The number of aliphatic hydroxyl groups is 1. The molecule has 8 nitrogen and oxygen atoms in total. The summed E-state index contributed by atoms with van der Waals surface area (Å²) in [6, 6.07) is 6.35. The molecule has 2 heterocycles. The van der Waals surface area contributed by atoms with E-state index in [4.69, 9.17) is 5.73 Å². The largest absolute Gasteiger partial charge is 0.391 e. The Labute approximate surface area is 218 Å². The van der Waals surface area contributed by atoms with Crippen molar-refractivity contribution in [2.24, 2.45) is 11.1 Å². The standard InChI is InChI=1S/C25H37N5O3S.ClH/c1-15-21(34-14-27-15)17-9-7-16(8-10-17)19(13-29(5)6)28-23(32)20-11-18(31)12-30(20)24(33)22(26)25(2,3)4;/h7-10,14,18-20,22,31H,11-13,26H2,1-6H3,(H,28,32);1H/t18-,19?,20+,22-;/m1./s1. The molecule has 4 N–H and O–H groups in total. The van der Waals surface area contributed by atoms with Gasteiger partial charge in [-0.3, -0.25) is 9.59 Å². The fourth-order valence-corrected chi connectivity index (χ4v) is 4.98. The van der Waals surface area contributed by atoms with Crippen LogP contribution in [0.5, 0.6) is 0 Å². The molecule has 0 bridgehead atoms. The lowest BCUT2D eigenvalue weighted by molar-refractivity contribution is -0.141. The molecule has 1 unspecified atom stereocenters. The summed E-state index contributed by atoms with van der Waals surface area (Å²) in [6.07, 6.45) is -0.548. The molecule has 0 saturated carbocycles. The van der Waals surface area contributed by atoms with Gasteiger partial charge in [0.2, 0.25) is 11.8 Å². The number of nitrogens with zero attached hydrogens (tertiary/aromatic N) is 3. The number of aliphatic hydroxyl groups excluding tert-OH is 1. The van der Waals surface area contributed by atoms with E-state index < -0.39 is 23.6 Å². The van der Waals surface area contributed by atoms with Crippen LogP contribution in [0.4, 0.5) is 0 Å². The molecule has 2 aromatic rings. The van der Waals surface area contributed by atoms with Crippen molar-refractivity contribution in [1.82, 2.24) is 20.1 Å². The van der Waals surface area contributed by atoms with Crippen LogP contribution in [0.25, 0.3) is 10.4 Å². The number of thiazole rings is 1. The van der Waals surface area contributed by atoms with Crippen LogP contribution < -0.4 is 11.1 Å². The predicted molar refractivity (Wildman–Crippen MR) is 143 cm³/mol. The van der Waals surface area contributed by atoms with Crippen molar-refractivity contribution in [2.45, 2.75) is 58.3 Å². The lowest BCUT2D eigenvalue weighted by Gasteiger charge is -2.33. The monoisotopic (exact) mass is 523 g/mol. The molecular formula is C25H38ClN5O3S. The first-order chi connectivity index (χ1) is 15.9. The average Bonchev–Trinajstić information content (AvgIpc) is 3.36. The third-order valence-corrected chi connectivity index (χ3v) is 7.23. The lowest BCUT2D eigenvalue weighted by Crippen LogP contribution is -2.55. The van der Waals surface area contributed by atoms with E-state index >= 15 is 0 Å². The highest BCUT2D eigenvalue weighted by molar-refractivity contribution is 7.13.